The first kappa shape index (κ1) is 20.6. The summed E-state index contributed by atoms with van der Waals surface area (Å²) in [5, 5.41) is 8.45. The van der Waals surface area contributed by atoms with Gasteiger partial charge in [0.2, 0.25) is 0 Å². The van der Waals surface area contributed by atoms with Crippen LogP contribution in [0.2, 0.25) is 0 Å². The zero-order valence-corrected chi connectivity index (χ0v) is 18.0. The van der Waals surface area contributed by atoms with Gasteiger partial charge in [0.1, 0.15) is 0 Å². The molecular formula is C26H23N5O2. The lowest BCUT2D eigenvalue weighted by molar-refractivity contribution is 0.0535. The Morgan fingerprint density at radius 2 is 1.48 bits per heavy atom. The number of carbonyl (C=O) groups excluding carboxylic acids is 2. The van der Waals surface area contributed by atoms with E-state index in [9.17, 15) is 9.59 Å². The molecule has 1 aliphatic rings. The number of hydrogen-bond acceptors (Lipinski definition) is 4. The van der Waals surface area contributed by atoms with Crippen molar-refractivity contribution in [3.05, 3.63) is 95.4 Å². The largest absolute Gasteiger partial charge is 0.335 e. The van der Waals surface area contributed by atoms with Crippen LogP contribution < -0.4 is 0 Å². The van der Waals surface area contributed by atoms with Crippen molar-refractivity contribution >= 4 is 34.9 Å². The minimum atomic E-state index is -0.0453. The number of H-pyrrole nitrogens is 1. The third-order valence-electron chi connectivity index (χ3n) is 5.85. The first-order chi connectivity index (χ1) is 16.2. The fourth-order valence-corrected chi connectivity index (χ4v) is 3.99. The van der Waals surface area contributed by atoms with E-state index in [1.165, 1.54) is 0 Å². The highest BCUT2D eigenvalue weighted by molar-refractivity contribution is 5.96. The first-order valence-corrected chi connectivity index (χ1v) is 10.9. The molecule has 0 bridgehead atoms. The number of para-hydroxylation sites is 1. The summed E-state index contributed by atoms with van der Waals surface area (Å²) in [6.45, 7) is 2.05. The maximum Gasteiger partial charge on any atom is 0.255 e. The average molecular weight is 438 g/mol. The molecule has 0 radical (unpaired) electrons. The smallest absolute Gasteiger partial charge is 0.255 e. The summed E-state index contributed by atoms with van der Waals surface area (Å²) in [5.41, 5.74) is 4.09. The minimum absolute atomic E-state index is 0.0164. The van der Waals surface area contributed by atoms with E-state index in [1.807, 2.05) is 60.7 Å². The maximum atomic E-state index is 12.9. The van der Waals surface area contributed by atoms with E-state index < -0.39 is 0 Å². The number of amides is 2. The summed E-state index contributed by atoms with van der Waals surface area (Å²) in [7, 11) is 0. The van der Waals surface area contributed by atoms with Gasteiger partial charge in [-0.1, -0.05) is 36.4 Å². The van der Waals surface area contributed by atoms with Crippen LogP contribution >= 0.6 is 0 Å². The van der Waals surface area contributed by atoms with Crippen molar-refractivity contribution in [2.45, 2.75) is 0 Å². The van der Waals surface area contributed by atoms with Crippen LogP contribution in [0.25, 0.3) is 23.1 Å². The van der Waals surface area contributed by atoms with Crippen molar-refractivity contribution in [2.75, 3.05) is 26.2 Å². The van der Waals surface area contributed by atoms with Crippen LogP contribution in [0.15, 0.2) is 73.1 Å². The van der Waals surface area contributed by atoms with Gasteiger partial charge in [0, 0.05) is 49.5 Å². The SMILES string of the molecule is O=C(c1ccc(C=Cc2n[nH]c3ccccc23)cc1)N1CCN(C(=O)c2cccnc2)CC1. The number of piperazine rings is 1. The Kier molecular flexibility index (Phi) is 5.68. The van der Waals surface area contributed by atoms with E-state index in [4.69, 9.17) is 0 Å². The van der Waals surface area contributed by atoms with Gasteiger partial charge in [0.05, 0.1) is 16.8 Å². The first-order valence-electron chi connectivity index (χ1n) is 10.9. The van der Waals surface area contributed by atoms with Gasteiger partial charge in [0.25, 0.3) is 11.8 Å². The van der Waals surface area contributed by atoms with Gasteiger partial charge >= 0.3 is 0 Å². The van der Waals surface area contributed by atoms with Crippen LogP contribution in [0, 0.1) is 0 Å². The molecule has 2 amide bonds. The molecule has 0 aliphatic carbocycles. The summed E-state index contributed by atoms with van der Waals surface area (Å²) < 4.78 is 0. The monoisotopic (exact) mass is 437 g/mol. The molecule has 1 aliphatic heterocycles. The molecule has 1 saturated heterocycles. The van der Waals surface area contributed by atoms with Crippen molar-refractivity contribution in [1.82, 2.24) is 25.0 Å². The van der Waals surface area contributed by atoms with Crippen LogP contribution in [0.1, 0.15) is 32.0 Å². The van der Waals surface area contributed by atoms with Gasteiger partial charge in [-0.2, -0.15) is 5.10 Å². The van der Waals surface area contributed by atoms with E-state index in [0.29, 0.717) is 37.3 Å². The molecular weight excluding hydrogens is 414 g/mol. The van der Waals surface area contributed by atoms with E-state index in [-0.39, 0.29) is 11.8 Å². The fraction of sp³-hybridized carbons (Fsp3) is 0.154. The quantitative estimate of drug-likeness (QED) is 0.528. The Bertz CT molecular complexity index is 1300. The molecule has 164 valence electrons. The molecule has 0 unspecified atom stereocenters. The number of benzene rings is 2. The zero-order chi connectivity index (χ0) is 22.6. The van der Waals surface area contributed by atoms with E-state index in [1.54, 1.807) is 34.3 Å². The summed E-state index contributed by atoms with van der Waals surface area (Å²) in [6.07, 6.45) is 7.17. The van der Waals surface area contributed by atoms with Crippen LogP contribution in [0.4, 0.5) is 0 Å². The molecule has 3 heterocycles. The van der Waals surface area contributed by atoms with E-state index >= 15 is 0 Å². The van der Waals surface area contributed by atoms with E-state index in [2.05, 4.69) is 15.2 Å². The summed E-state index contributed by atoms with van der Waals surface area (Å²) in [5.74, 6) is -0.0617. The average Bonchev–Trinajstić information content (AvgIpc) is 3.31. The highest BCUT2D eigenvalue weighted by atomic mass is 16.2. The number of nitrogens with one attached hydrogen (secondary N) is 1. The van der Waals surface area contributed by atoms with Crippen LogP contribution in [-0.2, 0) is 0 Å². The van der Waals surface area contributed by atoms with Crippen molar-refractivity contribution in [1.29, 1.82) is 0 Å². The van der Waals surface area contributed by atoms with Gasteiger partial charge in [-0.25, -0.2) is 0 Å². The second kappa shape index (κ2) is 9.08. The van der Waals surface area contributed by atoms with Gasteiger partial charge in [-0.05, 0) is 42.0 Å². The van der Waals surface area contributed by atoms with Gasteiger partial charge in [-0.15, -0.1) is 0 Å². The Morgan fingerprint density at radius 3 is 2.18 bits per heavy atom. The number of carbonyl (C=O) groups is 2. The van der Waals surface area contributed by atoms with Crippen molar-refractivity contribution in [3.63, 3.8) is 0 Å². The highest BCUT2D eigenvalue weighted by Crippen LogP contribution is 2.18. The minimum Gasteiger partial charge on any atom is -0.335 e. The Balaban J connectivity index is 1.20. The molecule has 7 heteroatoms. The predicted molar refractivity (Wildman–Crippen MR) is 128 cm³/mol. The molecule has 7 nitrogen and oxygen atoms in total. The number of aromatic nitrogens is 3. The number of aromatic amines is 1. The second-order valence-corrected chi connectivity index (χ2v) is 7.94. The normalized spacial score (nSPS) is 14.2. The molecule has 4 aromatic rings. The van der Waals surface area contributed by atoms with Gasteiger partial charge in [0.15, 0.2) is 0 Å². The summed E-state index contributed by atoms with van der Waals surface area (Å²) >= 11 is 0. The third kappa shape index (κ3) is 4.39. The Morgan fingerprint density at radius 1 is 0.788 bits per heavy atom. The second-order valence-electron chi connectivity index (χ2n) is 7.94. The van der Waals surface area contributed by atoms with Crippen LogP contribution in [0.3, 0.4) is 0 Å². The number of pyridine rings is 1. The number of hydrogen-bond donors (Lipinski definition) is 1. The molecule has 0 atom stereocenters. The Hall–Kier alpha value is -4.26. The van der Waals surface area contributed by atoms with Gasteiger partial charge in [-0.3, -0.25) is 19.7 Å². The van der Waals surface area contributed by atoms with E-state index in [0.717, 1.165) is 22.2 Å². The molecule has 2 aromatic carbocycles. The van der Waals surface area contributed by atoms with Crippen LogP contribution in [-0.4, -0.2) is 63.0 Å². The fourth-order valence-electron chi connectivity index (χ4n) is 3.99. The van der Waals surface area contributed by atoms with Crippen molar-refractivity contribution in [2.24, 2.45) is 0 Å². The number of rotatable bonds is 4. The molecule has 1 fully saturated rings. The summed E-state index contributed by atoms with van der Waals surface area (Å²) in [6, 6.07) is 19.1. The van der Waals surface area contributed by atoms with Crippen molar-refractivity contribution < 1.29 is 9.59 Å². The van der Waals surface area contributed by atoms with Gasteiger partial charge < -0.3 is 9.80 Å². The zero-order valence-electron chi connectivity index (χ0n) is 18.0. The standard InChI is InChI=1S/C26H23N5O2/c32-25(30-14-16-31(17-15-30)26(33)21-4-3-13-27-18-21)20-10-7-19(8-11-20)9-12-24-22-5-1-2-6-23(22)28-29-24/h1-13,18H,14-17H2,(H,28,29). The van der Waals surface area contributed by atoms with Crippen LogP contribution in [0.5, 0.6) is 0 Å². The highest BCUT2D eigenvalue weighted by Gasteiger charge is 2.25. The molecule has 33 heavy (non-hydrogen) atoms. The molecule has 5 rings (SSSR count). The Labute approximate surface area is 191 Å². The third-order valence-corrected chi connectivity index (χ3v) is 5.85. The lowest BCUT2D eigenvalue weighted by Crippen LogP contribution is -2.50. The number of fused-ring (bicyclic) bond motifs is 1. The summed E-state index contributed by atoms with van der Waals surface area (Å²) in [4.78, 5) is 33.1. The number of nitrogens with zero attached hydrogens (tertiary/aromatic N) is 4. The van der Waals surface area contributed by atoms with Crippen molar-refractivity contribution in [3.8, 4) is 0 Å². The lowest BCUT2D eigenvalue weighted by Gasteiger charge is -2.34. The molecule has 2 aromatic heterocycles. The molecule has 0 spiro atoms. The molecule has 0 saturated carbocycles. The topological polar surface area (TPSA) is 82.2 Å². The molecule has 1 N–H and O–H groups in total. The predicted octanol–water partition coefficient (Wildman–Crippen LogP) is 3.73. The maximum absolute atomic E-state index is 12.9. The lowest BCUT2D eigenvalue weighted by atomic mass is 10.1.